The molecule has 2 aromatic rings. The molecule has 1 amide bonds. The SMILES string of the molecule is CC(C)(CSc1c(F)c(F)cc(F)c1F)C(=O)NCc1ccco1. The molecule has 0 fully saturated rings. The van der Waals surface area contributed by atoms with E-state index in [2.05, 4.69) is 5.32 Å². The molecule has 0 aliphatic heterocycles. The molecule has 0 aliphatic rings. The minimum atomic E-state index is -1.48. The fraction of sp³-hybridized carbons (Fsp3) is 0.312. The van der Waals surface area contributed by atoms with Crippen LogP contribution in [-0.4, -0.2) is 11.7 Å². The lowest BCUT2D eigenvalue weighted by molar-refractivity contribution is -0.128. The number of carbonyl (C=O) groups excluding carboxylic acids is 1. The molecule has 1 aromatic carbocycles. The van der Waals surface area contributed by atoms with Crippen molar-refractivity contribution in [1.29, 1.82) is 0 Å². The van der Waals surface area contributed by atoms with Crippen LogP contribution < -0.4 is 5.32 Å². The zero-order chi connectivity index (χ0) is 17.9. The van der Waals surface area contributed by atoms with Gasteiger partial charge in [0.25, 0.3) is 0 Å². The third-order valence-electron chi connectivity index (χ3n) is 3.27. The number of furan rings is 1. The summed E-state index contributed by atoms with van der Waals surface area (Å²) in [6, 6.07) is 3.50. The Hall–Kier alpha value is -1.96. The molecule has 8 heteroatoms. The molecule has 1 N–H and O–H groups in total. The Morgan fingerprint density at radius 1 is 1.21 bits per heavy atom. The number of halogens is 4. The standard InChI is InChI=1S/C16H15F4NO2S/c1-16(2,15(22)21-7-9-4-3-5-23-9)8-24-14-12(19)10(17)6-11(18)13(14)20/h3-6H,7-8H2,1-2H3,(H,21,22). The average molecular weight is 361 g/mol. The third-order valence-corrected chi connectivity index (χ3v) is 4.78. The first-order valence-electron chi connectivity index (χ1n) is 6.99. The van der Waals surface area contributed by atoms with Crippen LogP contribution in [0.25, 0.3) is 0 Å². The van der Waals surface area contributed by atoms with E-state index in [1.807, 2.05) is 0 Å². The van der Waals surface area contributed by atoms with Crippen molar-refractivity contribution in [3.05, 3.63) is 53.5 Å². The summed E-state index contributed by atoms with van der Waals surface area (Å²) in [6.07, 6.45) is 1.46. The number of rotatable bonds is 6. The molecule has 1 heterocycles. The van der Waals surface area contributed by atoms with E-state index in [9.17, 15) is 22.4 Å². The smallest absolute Gasteiger partial charge is 0.226 e. The molecule has 0 unspecified atom stereocenters. The van der Waals surface area contributed by atoms with Gasteiger partial charge >= 0.3 is 0 Å². The zero-order valence-electron chi connectivity index (χ0n) is 13.0. The first-order valence-corrected chi connectivity index (χ1v) is 7.97. The van der Waals surface area contributed by atoms with Crippen molar-refractivity contribution >= 4 is 17.7 Å². The monoisotopic (exact) mass is 361 g/mol. The number of benzene rings is 1. The molecule has 0 saturated carbocycles. The quantitative estimate of drug-likeness (QED) is 0.475. The fourth-order valence-electron chi connectivity index (χ4n) is 1.82. The van der Waals surface area contributed by atoms with E-state index < -0.39 is 33.6 Å². The normalized spacial score (nSPS) is 11.6. The van der Waals surface area contributed by atoms with Crippen molar-refractivity contribution in [2.45, 2.75) is 25.3 Å². The molecule has 1 aromatic heterocycles. The predicted octanol–water partition coefficient (Wildman–Crippen LogP) is 4.27. The van der Waals surface area contributed by atoms with Crippen molar-refractivity contribution < 1.29 is 26.8 Å². The molecule has 0 aliphatic carbocycles. The van der Waals surface area contributed by atoms with Gasteiger partial charge in [0.1, 0.15) is 5.76 Å². The second-order valence-corrected chi connectivity index (χ2v) is 6.72. The van der Waals surface area contributed by atoms with Crippen LogP contribution >= 0.6 is 11.8 Å². The summed E-state index contributed by atoms with van der Waals surface area (Å²) in [4.78, 5) is 11.4. The maximum absolute atomic E-state index is 13.6. The van der Waals surface area contributed by atoms with Crippen LogP contribution in [0, 0.1) is 28.7 Å². The van der Waals surface area contributed by atoms with E-state index in [0.717, 1.165) is 0 Å². The van der Waals surface area contributed by atoms with E-state index in [0.29, 0.717) is 17.5 Å². The van der Waals surface area contributed by atoms with Gasteiger partial charge in [-0.2, -0.15) is 0 Å². The summed E-state index contributed by atoms with van der Waals surface area (Å²) in [7, 11) is 0. The maximum Gasteiger partial charge on any atom is 0.226 e. The van der Waals surface area contributed by atoms with E-state index >= 15 is 0 Å². The molecular weight excluding hydrogens is 346 g/mol. The van der Waals surface area contributed by atoms with Gasteiger partial charge in [-0.15, -0.1) is 11.8 Å². The van der Waals surface area contributed by atoms with Gasteiger partial charge in [0, 0.05) is 11.8 Å². The molecule has 3 nitrogen and oxygen atoms in total. The summed E-state index contributed by atoms with van der Waals surface area (Å²) in [5, 5.41) is 2.63. The maximum atomic E-state index is 13.6. The van der Waals surface area contributed by atoms with Crippen LogP contribution in [0.4, 0.5) is 17.6 Å². The van der Waals surface area contributed by atoms with Crippen LogP contribution in [0.3, 0.4) is 0 Å². The highest BCUT2D eigenvalue weighted by Gasteiger charge is 2.30. The fourth-order valence-corrected chi connectivity index (χ4v) is 2.90. The highest BCUT2D eigenvalue weighted by Crippen LogP contribution is 2.33. The number of hydrogen-bond acceptors (Lipinski definition) is 3. The Morgan fingerprint density at radius 2 is 1.83 bits per heavy atom. The molecule has 0 bridgehead atoms. The van der Waals surface area contributed by atoms with Crippen molar-refractivity contribution in [2.24, 2.45) is 5.41 Å². The average Bonchev–Trinajstić information content (AvgIpc) is 3.04. The summed E-state index contributed by atoms with van der Waals surface area (Å²) in [5.74, 6) is -5.79. The van der Waals surface area contributed by atoms with E-state index in [1.165, 1.54) is 6.26 Å². The first-order chi connectivity index (χ1) is 11.2. The van der Waals surface area contributed by atoms with Gasteiger partial charge in [-0.05, 0) is 12.1 Å². The van der Waals surface area contributed by atoms with Crippen LogP contribution in [0.15, 0.2) is 33.8 Å². The number of amides is 1. The summed E-state index contributed by atoms with van der Waals surface area (Å²) < 4.78 is 58.7. The molecule has 130 valence electrons. The number of hydrogen-bond donors (Lipinski definition) is 1. The lowest BCUT2D eigenvalue weighted by Gasteiger charge is -2.23. The van der Waals surface area contributed by atoms with Crippen molar-refractivity contribution in [1.82, 2.24) is 5.32 Å². The summed E-state index contributed by atoms with van der Waals surface area (Å²) >= 11 is 0.546. The summed E-state index contributed by atoms with van der Waals surface area (Å²) in [5.41, 5.74) is -1.03. The predicted molar refractivity (Wildman–Crippen MR) is 81.3 cm³/mol. The molecule has 0 spiro atoms. The summed E-state index contributed by atoms with van der Waals surface area (Å²) in [6.45, 7) is 3.28. The lowest BCUT2D eigenvalue weighted by atomic mass is 9.95. The number of nitrogens with one attached hydrogen (secondary N) is 1. The molecule has 24 heavy (non-hydrogen) atoms. The second-order valence-electron chi connectivity index (χ2n) is 5.73. The molecule has 2 rings (SSSR count). The highest BCUT2D eigenvalue weighted by atomic mass is 32.2. The van der Waals surface area contributed by atoms with E-state index in [4.69, 9.17) is 4.42 Å². The Labute approximate surface area is 140 Å². The Bertz CT molecular complexity index is 706. The van der Waals surface area contributed by atoms with E-state index in [1.54, 1.807) is 26.0 Å². The van der Waals surface area contributed by atoms with Crippen molar-refractivity contribution in [3.8, 4) is 0 Å². The second kappa shape index (κ2) is 7.29. The Kier molecular flexibility index (Phi) is 5.58. The molecule has 0 atom stereocenters. The minimum absolute atomic E-state index is 0.0757. The van der Waals surface area contributed by atoms with Crippen LogP contribution in [-0.2, 0) is 11.3 Å². The largest absolute Gasteiger partial charge is 0.467 e. The van der Waals surface area contributed by atoms with Gasteiger partial charge in [0.05, 0.1) is 23.1 Å². The van der Waals surface area contributed by atoms with Gasteiger partial charge < -0.3 is 9.73 Å². The number of thioether (sulfide) groups is 1. The Morgan fingerprint density at radius 3 is 2.38 bits per heavy atom. The lowest BCUT2D eigenvalue weighted by Crippen LogP contribution is -2.38. The Balaban J connectivity index is 2.03. The first kappa shape index (κ1) is 18.4. The van der Waals surface area contributed by atoms with E-state index in [-0.39, 0.29) is 24.3 Å². The van der Waals surface area contributed by atoms with Crippen LogP contribution in [0.5, 0.6) is 0 Å². The van der Waals surface area contributed by atoms with Crippen molar-refractivity contribution in [2.75, 3.05) is 5.75 Å². The van der Waals surface area contributed by atoms with Gasteiger partial charge in [-0.25, -0.2) is 17.6 Å². The van der Waals surface area contributed by atoms with Crippen molar-refractivity contribution in [3.63, 3.8) is 0 Å². The van der Waals surface area contributed by atoms with Gasteiger partial charge in [-0.1, -0.05) is 13.8 Å². The molecule has 0 saturated heterocycles. The van der Waals surface area contributed by atoms with Gasteiger partial charge in [0.2, 0.25) is 5.91 Å². The minimum Gasteiger partial charge on any atom is -0.467 e. The zero-order valence-corrected chi connectivity index (χ0v) is 13.8. The van der Waals surface area contributed by atoms with Crippen LogP contribution in [0.2, 0.25) is 0 Å². The highest BCUT2D eigenvalue weighted by molar-refractivity contribution is 7.99. The third kappa shape index (κ3) is 4.11. The van der Waals surface area contributed by atoms with Gasteiger partial charge in [0.15, 0.2) is 23.3 Å². The molecular formula is C16H15F4NO2S. The molecule has 0 radical (unpaired) electrons. The topological polar surface area (TPSA) is 42.2 Å². The number of carbonyl (C=O) groups is 1. The van der Waals surface area contributed by atoms with Gasteiger partial charge in [-0.3, -0.25) is 4.79 Å². The van der Waals surface area contributed by atoms with Crippen LogP contribution in [0.1, 0.15) is 19.6 Å².